The summed E-state index contributed by atoms with van der Waals surface area (Å²) in [6.07, 6.45) is 4.81. The molecule has 182 valence electrons. The van der Waals surface area contributed by atoms with Gasteiger partial charge in [0, 0.05) is 12.5 Å². The van der Waals surface area contributed by atoms with Crippen LogP contribution in [-0.2, 0) is 14.4 Å². The summed E-state index contributed by atoms with van der Waals surface area (Å²) < 4.78 is 11.3. The first-order chi connectivity index (χ1) is 15.8. The van der Waals surface area contributed by atoms with Crippen molar-refractivity contribution < 1.29 is 23.9 Å². The van der Waals surface area contributed by atoms with Gasteiger partial charge >= 0.3 is 0 Å². The van der Waals surface area contributed by atoms with Crippen molar-refractivity contribution in [2.75, 3.05) is 20.7 Å². The molecular weight excluding hydrogens is 424 g/mol. The number of nitrogens with two attached hydrogens (primary N) is 1. The van der Waals surface area contributed by atoms with Crippen molar-refractivity contribution in [2.24, 2.45) is 11.7 Å². The molecule has 1 heterocycles. The van der Waals surface area contributed by atoms with Crippen LogP contribution in [0.25, 0.3) is 0 Å². The average Bonchev–Trinajstić information content (AvgIpc) is 3.26. The Bertz CT molecular complexity index is 842. The molecule has 0 unspecified atom stereocenters. The fourth-order valence-corrected chi connectivity index (χ4v) is 4.70. The Morgan fingerprint density at radius 3 is 2.48 bits per heavy atom. The number of carbonyl (C=O) groups is 3. The summed E-state index contributed by atoms with van der Waals surface area (Å²) in [5.41, 5.74) is 5.67. The van der Waals surface area contributed by atoms with Crippen LogP contribution in [0, 0.1) is 5.92 Å². The number of hydrogen-bond donors (Lipinski definition) is 3. The lowest BCUT2D eigenvalue weighted by molar-refractivity contribution is -0.142. The van der Waals surface area contributed by atoms with E-state index < -0.39 is 30.1 Å². The second kappa shape index (κ2) is 11.4. The smallest absolute Gasteiger partial charge is 0.246 e. The first-order valence-corrected chi connectivity index (χ1v) is 11.7. The molecule has 1 aromatic rings. The third-order valence-electron chi connectivity index (χ3n) is 6.73. The van der Waals surface area contributed by atoms with Gasteiger partial charge < -0.3 is 30.7 Å². The summed E-state index contributed by atoms with van der Waals surface area (Å²) in [5, 5.41) is 5.86. The fraction of sp³-hybridized carbons (Fsp3) is 0.625. The number of methoxy groups -OCH3 is 1. The SMILES string of the molecule is CN[C@@H](C)C(=O)N[C@H](C(=O)N1C[C@@H](Oc2cccc(OC)c2)C[C@H]1C(N)=O)C1CCCCC1. The van der Waals surface area contributed by atoms with Crippen LogP contribution in [0.1, 0.15) is 45.4 Å². The Morgan fingerprint density at radius 2 is 1.85 bits per heavy atom. The summed E-state index contributed by atoms with van der Waals surface area (Å²) in [6.45, 7) is 1.97. The summed E-state index contributed by atoms with van der Waals surface area (Å²) in [5.74, 6) is 0.212. The Balaban J connectivity index is 1.78. The van der Waals surface area contributed by atoms with Gasteiger partial charge in [-0.25, -0.2) is 0 Å². The van der Waals surface area contributed by atoms with Gasteiger partial charge in [0.05, 0.1) is 19.7 Å². The van der Waals surface area contributed by atoms with Crippen LogP contribution in [0.4, 0.5) is 0 Å². The molecule has 3 amide bonds. The Kier molecular flexibility index (Phi) is 8.55. The number of nitrogens with zero attached hydrogens (tertiary/aromatic N) is 1. The van der Waals surface area contributed by atoms with Gasteiger partial charge in [-0.05, 0) is 44.9 Å². The van der Waals surface area contributed by atoms with E-state index in [4.69, 9.17) is 15.2 Å². The van der Waals surface area contributed by atoms with Crippen LogP contribution in [0.5, 0.6) is 11.5 Å². The molecule has 0 bridgehead atoms. The van der Waals surface area contributed by atoms with Gasteiger partial charge in [0.2, 0.25) is 17.7 Å². The molecule has 9 heteroatoms. The molecule has 1 aliphatic heterocycles. The molecule has 1 aliphatic carbocycles. The van der Waals surface area contributed by atoms with E-state index in [9.17, 15) is 14.4 Å². The maximum Gasteiger partial charge on any atom is 0.246 e. The molecule has 0 spiro atoms. The number of likely N-dealkylation sites (N-methyl/N-ethyl adjacent to an activating group) is 1. The normalized spacial score (nSPS) is 22.9. The molecule has 4 atom stereocenters. The monoisotopic (exact) mass is 460 g/mol. The quantitative estimate of drug-likeness (QED) is 0.509. The van der Waals surface area contributed by atoms with E-state index in [1.54, 1.807) is 33.2 Å². The lowest BCUT2D eigenvalue weighted by Crippen LogP contribution is -2.57. The van der Waals surface area contributed by atoms with E-state index in [0.29, 0.717) is 17.9 Å². The van der Waals surface area contributed by atoms with Crippen LogP contribution in [0.15, 0.2) is 24.3 Å². The Hall–Kier alpha value is -2.81. The molecular formula is C24H36N4O5. The molecule has 9 nitrogen and oxygen atoms in total. The third kappa shape index (κ3) is 6.16. The summed E-state index contributed by atoms with van der Waals surface area (Å²) in [4.78, 5) is 40.1. The third-order valence-corrected chi connectivity index (χ3v) is 6.73. The Labute approximate surface area is 195 Å². The van der Waals surface area contributed by atoms with Crippen molar-refractivity contribution in [2.45, 2.75) is 69.7 Å². The van der Waals surface area contributed by atoms with Crippen molar-refractivity contribution >= 4 is 17.7 Å². The highest BCUT2D eigenvalue weighted by atomic mass is 16.5. The maximum absolute atomic E-state index is 13.7. The number of hydrogen-bond acceptors (Lipinski definition) is 6. The van der Waals surface area contributed by atoms with Crippen LogP contribution < -0.4 is 25.8 Å². The lowest BCUT2D eigenvalue weighted by Gasteiger charge is -2.34. The van der Waals surface area contributed by atoms with Gasteiger partial charge in [0.1, 0.15) is 29.7 Å². The topological polar surface area (TPSA) is 123 Å². The van der Waals surface area contributed by atoms with Crippen molar-refractivity contribution in [3.8, 4) is 11.5 Å². The maximum atomic E-state index is 13.7. The predicted octanol–water partition coefficient (Wildman–Crippen LogP) is 1.20. The highest BCUT2D eigenvalue weighted by Gasteiger charge is 2.44. The zero-order valence-corrected chi connectivity index (χ0v) is 19.7. The average molecular weight is 461 g/mol. The fourth-order valence-electron chi connectivity index (χ4n) is 4.70. The second-order valence-electron chi connectivity index (χ2n) is 8.96. The standard InChI is InChI=1S/C24H36N4O5/c1-15(26-2)23(30)27-21(16-8-5-4-6-9-16)24(31)28-14-19(13-20(28)22(25)29)33-18-11-7-10-17(12-18)32-3/h7,10-12,15-16,19-21,26H,4-6,8-9,13-14H2,1-3H3,(H2,25,29)(H,27,30)/t15-,19-,20-,21-/m0/s1. The minimum atomic E-state index is -0.780. The van der Waals surface area contributed by atoms with Crippen molar-refractivity contribution in [3.05, 3.63) is 24.3 Å². The van der Waals surface area contributed by atoms with E-state index >= 15 is 0 Å². The van der Waals surface area contributed by atoms with Crippen LogP contribution in [0.3, 0.4) is 0 Å². The number of nitrogens with one attached hydrogen (secondary N) is 2. The number of primary amides is 1. The summed E-state index contributed by atoms with van der Waals surface area (Å²) in [6, 6.07) is 5.29. The number of likely N-dealkylation sites (tertiary alicyclic amines) is 1. The van der Waals surface area contributed by atoms with Crippen molar-refractivity contribution in [3.63, 3.8) is 0 Å². The van der Waals surface area contributed by atoms with E-state index in [1.165, 1.54) is 4.90 Å². The first kappa shape index (κ1) is 24.8. The highest BCUT2D eigenvalue weighted by molar-refractivity contribution is 5.93. The number of rotatable bonds is 9. The molecule has 0 radical (unpaired) electrons. The molecule has 0 aromatic heterocycles. The molecule has 4 N–H and O–H groups in total. The van der Waals surface area contributed by atoms with Gasteiger partial charge in [-0.15, -0.1) is 0 Å². The number of benzene rings is 1. The van der Waals surface area contributed by atoms with E-state index in [0.717, 1.165) is 32.1 Å². The molecule has 1 aromatic carbocycles. The largest absolute Gasteiger partial charge is 0.497 e. The summed E-state index contributed by atoms with van der Waals surface area (Å²) >= 11 is 0. The van der Waals surface area contributed by atoms with Crippen LogP contribution >= 0.6 is 0 Å². The van der Waals surface area contributed by atoms with E-state index in [1.807, 2.05) is 12.1 Å². The van der Waals surface area contributed by atoms with Gasteiger partial charge in [-0.1, -0.05) is 25.3 Å². The first-order valence-electron chi connectivity index (χ1n) is 11.7. The van der Waals surface area contributed by atoms with Crippen LogP contribution in [0.2, 0.25) is 0 Å². The lowest BCUT2D eigenvalue weighted by atomic mass is 9.83. The molecule has 1 saturated carbocycles. The van der Waals surface area contributed by atoms with Gasteiger partial charge in [-0.2, -0.15) is 0 Å². The Morgan fingerprint density at radius 1 is 1.15 bits per heavy atom. The predicted molar refractivity (Wildman–Crippen MR) is 124 cm³/mol. The molecule has 3 rings (SSSR count). The molecule has 33 heavy (non-hydrogen) atoms. The molecule has 2 aliphatic rings. The summed E-state index contributed by atoms with van der Waals surface area (Å²) in [7, 11) is 3.28. The van der Waals surface area contributed by atoms with E-state index in [-0.39, 0.29) is 24.3 Å². The van der Waals surface area contributed by atoms with Crippen LogP contribution in [-0.4, -0.2) is 67.6 Å². The zero-order chi connectivity index (χ0) is 24.0. The molecule has 2 fully saturated rings. The zero-order valence-electron chi connectivity index (χ0n) is 19.7. The van der Waals surface area contributed by atoms with Gasteiger partial charge in [0.15, 0.2) is 0 Å². The van der Waals surface area contributed by atoms with Crippen molar-refractivity contribution in [1.29, 1.82) is 0 Å². The second-order valence-corrected chi connectivity index (χ2v) is 8.96. The highest BCUT2D eigenvalue weighted by Crippen LogP contribution is 2.31. The van der Waals surface area contributed by atoms with Crippen molar-refractivity contribution in [1.82, 2.24) is 15.5 Å². The minimum absolute atomic E-state index is 0.0335. The van der Waals surface area contributed by atoms with Gasteiger partial charge in [-0.3, -0.25) is 14.4 Å². The van der Waals surface area contributed by atoms with E-state index in [2.05, 4.69) is 10.6 Å². The number of carbonyl (C=O) groups excluding carboxylic acids is 3. The minimum Gasteiger partial charge on any atom is -0.497 e. The number of ether oxygens (including phenoxy) is 2. The molecule has 1 saturated heterocycles. The van der Waals surface area contributed by atoms with Gasteiger partial charge in [0.25, 0.3) is 0 Å². The number of amides is 3.